The third-order valence-electron chi connectivity index (χ3n) is 9.45. The van der Waals surface area contributed by atoms with Gasteiger partial charge in [0, 0.05) is 24.6 Å². The molecule has 6 atom stereocenters. The van der Waals surface area contributed by atoms with Gasteiger partial charge in [0.15, 0.2) is 23.7 Å². The molecule has 1 fully saturated rings. The fourth-order valence-electron chi connectivity index (χ4n) is 6.89. The van der Waals surface area contributed by atoms with E-state index in [4.69, 9.17) is 19.9 Å². The molecule has 2 aromatic rings. The number of amides is 1. The van der Waals surface area contributed by atoms with Crippen LogP contribution in [0.4, 0.5) is 0 Å². The Labute approximate surface area is 257 Å². The van der Waals surface area contributed by atoms with Crippen LogP contribution < -0.4 is 15.8 Å². The molecule has 44 heavy (non-hydrogen) atoms. The van der Waals surface area contributed by atoms with Crippen molar-refractivity contribution in [2.24, 2.45) is 5.73 Å². The number of carbonyl (C=O) groups excluding carboxylic acids is 3. The number of likely N-dealkylation sites (tertiary alicyclic amines) is 1. The molecule has 0 bridgehead atoms. The maximum atomic E-state index is 13.1. The number of phenolic OH excluding ortho intramolecular Hbond substituents is 1. The Morgan fingerprint density at radius 2 is 1.93 bits per heavy atom. The second-order valence-electron chi connectivity index (χ2n) is 12.1. The van der Waals surface area contributed by atoms with Gasteiger partial charge in [-0.3, -0.25) is 9.59 Å². The van der Waals surface area contributed by atoms with E-state index in [-0.39, 0.29) is 42.7 Å². The van der Waals surface area contributed by atoms with Gasteiger partial charge in [0.25, 0.3) is 0 Å². The number of nitrogens with zero attached hydrogens (tertiary/aromatic N) is 1. The molecule has 236 valence electrons. The van der Waals surface area contributed by atoms with Crippen LogP contribution in [0.3, 0.4) is 0 Å². The van der Waals surface area contributed by atoms with Crippen molar-refractivity contribution in [3.63, 3.8) is 0 Å². The van der Waals surface area contributed by atoms with E-state index < -0.39 is 47.1 Å². The summed E-state index contributed by atoms with van der Waals surface area (Å²) in [6.07, 6.45) is 0.428. The monoisotopic (exact) mass is 607 g/mol. The molecule has 0 unspecified atom stereocenters. The fraction of sp³-hybridized carbons (Fsp3) is 0.485. The predicted octanol–water partition coefficient (Wildman–Crippen LogP) is 1.99. The summed E-state index contributed by atoms with van der Waals surface area (Å²) in [6.45, 7) is 5.92. The molecule has 0 radical (unpaired) electrons. The molecule has 2 heterocycles. The molecule has 2 aliphatic heterocycles. The zero-order valence-electron chi connectivity index (χ0n) is 25.5. The van der Waals surface area contributed by atoms with Crippen molar-refractivity contribution in [2.45, 2.75) is 81.8 Å². The van der Waals surface area contributed by atoms with Gasteiger partial charge >= 0.3 is 11.9 Å². The summed E-state index contributed by atoms with van der Waals surface area (Å²) in [5.41, 5.74) is 6.25. The second kappa shape index (κ2) is 12.2. The first kappa shape index (κ1) is 31.5. The van der Waals surface area contributed by atoms with Crippen LogP contribution in [-0.4, -0.2) is 83.0 Å². The number of nitrogens with one attached hydrogen (secondary N) is 1. The van der Waals surface area contributed by atoms with E-state index in [0.717, 1.165) is 16.7 Å². The van der Waals surface area contributed by atoms with Gasteiger partial charge in [-0.15, -0.1) is 0 Å². The van der Waals surface area contributed by atoms with Crippen LogP contribution in [0, 0.1) is 6.92 Å². The van der Waals surface area contributed by atoms with Gasteiger partial charge in [-0.05, 0) is 70.5 Å². The Bertz CT molecular complexity index is 1460. The van der Waals surface area contributed by atoms with Crippen LogP contribution in [0.5, 0.6) is 11.5 Å². The smallest absolute Gasteiger partial charge is 0.352 e. The molecule has 1 saturated heterocycles. The predicted molar refractivity (Wildman–Crippen MR) is 161 cm³/mol. The van der Waals surface area contributed by atoms with Gasteiger partial charge < -0.3 is 40.4 Å². The van der Waals surface area contributed by atoms with Crippen LogP contribution in [0.1, 0.15) is 49.8 Å². The summed E-state index contributed by atoms with van der Waals surface area (Å²) < 4.78 is 17.4. The number of aliphatic hydroxyl groups is 1. The normalized spacial score (nSPS) is 27.0. The molecule has 0 aromatic heterocycles. The van der Waals surface area contributed by atoms with Gasteiger partial charge in [0.1, 0.15) is 5.76 Å². The number of fused-ring (bicyclic) bond motifs is 1. The number of rotatable bonds is 9. The lowest BCUT2D eigenvalue weighted by Gasteiger charge is -2.58. The first-order valence-corrected chi connectivity index (χ1v) is 15.0. The van der Waals surface area contributed by atoms with E-state index in [1.807, 2.05) is 51.2 Å². The first-order chi connectivity index (χ1) is 20.9. The number of ether oxygens (including phenoxy) is 3. The fourth-order valence-corrected chi connectivity index (χ4v) is 6.89. The van der Waals surface area contributed by atoms with Crippen molar-refractivity contribution in [1.29, 1.82) is 0 Å². The first-order valence-electron chi connectivity index (χ1n) is 15.0. The van der Waals surface area contributed by atoms with Gasteiger partial charge in [0.2, 0.25) is 5.91 Å². The molecule has 1 aliphatic carbocycles. The largest absolute Gasteiger partial charge is 0.504 e. The van der Waals surface area contributed by atoms with Crippen LogP contribution in [-0.2, 0) is 35.7 Å². The number of likely N-dealkylation sites (N-methyl/N-ethyl adjacent to an activating group) is 1. The third kappa shape index (κ3) is 5.44. The lowest BCUT2D eigenvalue weighted by atomic mass is 9.54. The number of carbonyl (C=O) groups is 3. The van der Waals surface area contributed by atoms with Crippen LogP contribution in [0.15, 0.2) is 54.3 Å². The van der Waals surface area contributed by atoms with E-state index in [0.29, 0.717) is 19.4 Å². The summed E-state index contributed by atoms with van der Waals surface area (Å²) in [6, 6.07) is 11.7. The Hall–Kier alpha value is -3.93. The highest BCUT2D eigenvalue weighted by molar-refractivity contribution is 5.83. The van der Waals surface area contributed by atoms with Crippen molar-refractivity contribution < 1.29 is 38.8 Å². The Balaban J connectivity index is 1.22. The topological polar surface area (TPSA) is 161 Å². The van der Waals surface area contributed by atoms with Crippen molar-refractivity contribution in [1.82, 2.24) is 10.2 Å². The van der Waals surface area contributed by atoms with E-state index in [1.54, 1.807) is 18.2 Å². The van der Waals surface area contributed by atoms with Gasteiger partial charge in [-0.1, -0.05) is 36.4 Å². The number of benzene rings is 2. The summed E-state index contributed by atoms with van der Waals surface area (Å²) in [4.78, 5) is 40.0. The van der Waals surface area contributed by atoms with E-state index in [9.17, 15) is 24.6 Å². The molecule has 1 amide bonds. The molecular formula is C33H41N3O8. The molecule has 1 spiro atoms. The zero-order chi connectivity index (χ0) is 31.8. The molecule has 3 aliphatic rings. The van der Waals surface area contributed by atoms with E-state index in [2.05, 4.69) is 10.2 Å². The van der Waals surface area contributed by atoms with Crippen LogP contribution >= 0.6 is 0 Å². The molecule has 5 rings (SSSR count). The number of hydrogen-bond donors (Lipinski definition) is 4. The lowest BCUT2D eigenvalue weighted by Crippen LogP contribution is -2.71. The highest BCUT2D eigenvalue weighted by Gasteiger charge is 2.69. The second-order valence-corrected chi connectivity index (χ2v) is 12.1. The van der Waals surface area contributed by atoms with E-state index >= 15 is 0 Å². The van der Waals surface area contributed by atoms with Crippen molar-refractivity contribution in [2.75, 3.05) is 20.1 Å². The molecule has 11 heteroatoms. The number of esters is 2. The quantitative estimate of drug-likeness (QED) is 0.311. The molecular weight excluding hydrogens is 566 g/mol. The maximum Gasteiger partial charge on any atom is 0.352 e. The summed E-state index contributed by atoms with van der Waals surface area (Å²) >= 11 is 0. The number of nitrogens with two attached hydrogens (primary N) is 1. The molecule has 0 saturated carbocycles. The van der Waals surface area contributed by atoms with Gasteiger partial charge in [-0.25, -0.2) is 4.79 Å². The summed E-state index contributed by atoms with van der Waals surface area (Å²) in [5.74, 6) is -1.46. The Morgan fingerprint density at radius 3 is 2.66 bits per heavy atom. The molecule has 5 N–H and O–H groups in total. The number of aromatic hydroxyl groups is 1. The Kier molecular flexibility index (Phi) is 8.75. The minimum atomic E-state index is -1.27. The highest BCUT2D eigenvalue weighted by atomic mass is 16.6. The average Bonchev–Trinajstić information content (AvgIpc) is 3.37. The van der Waals surface area contributed by atoms with Gasteiger partial charge in [0.05, 0.1) is 23.5 Å². The lowest BCUT2D eigenvalue weighted by molar-refractivity contribution is -0.171. The maximum absolute atomic E-state index is 13.1. The highest BCUT2D eigenvalue weighted by Crippen LogP contribution is 2.62. The van der Waals surface area contributed by atoms with Crippen molar-refractivity contribution >= 4 is 17.8 Å². The molecule has 11 nitrogen and oxygen atoms in total. The zero-order valence-corrected chi connectivity index (χ0v) is 25.5. The Morgan fingerprint density at radius 1 is 1.20 bits per heavy atom. The van der Waals surface area contributed by atoms with E-state index in [1.165, 1.54) is 6.92 Å². The van der Waals surface area contributed by atoms with Crippen LogP contribution in [0.25, 0.3) is 0 Å². The minimum absolute atomic E-state index is 0.00216. The minimum Gasteiger partial charge on any atom is -0.504 e. The summed E-state index contributed by atoms with van der Waals surface area (Å²) in [7, 11) is 1.95. The number of phenols is 1. The SMILES string of the molecule is Cc1ccc(O)c2c1[C@]13CCN(C)[C@H](C)[C@]1(O)CC=C(OC(=O)[C@H](C)OC(=O)CCNC(=O)[C@@H](N)Cc1ccccc1)[C@@H]3O2. The van der Waals surface area contributed by atoms with Crippen molar-refractivity contribution in [3.05, 3.63) is 71.0 Å². The average molecular weight is 608 g/mol. The standard InChI is InChI=1S/C33H41N3O8/c1-19-10-11-24(37)28-27(19)32-15-17-36(4)21(3)33(32,41)14-12-25(29(32)44-28)43-31(40)20(2)42-26(38)13-16-35-30(39)23(34)18-22-8-6-5-7-9-22/h5-12,20-21,23,29,37,41H,13-18,34H2,1-4H3,(H,35,39)/t20-,21+,23-,29-,32-,33+/m0/s1. The van der Waals surface area contributed by atoms with Crippen LogP contribution in [0.2, 0.25) is 0 Å². The number of aryl methyl sites for hydroxylation is 1. The third-order valence-corrected chi connectivity index (χ3v) is 9.45. The van der Waals surface area contributed by atoms with Crippen molar-refractivity contribution in [3.8, 4) is 11.5 Å². The number of piperidine rings is 1. The number of hydrogen-bond acceptors (Lipinski definition) is 10. The van der Waals surface area contributed by atoms with Gasteiger partial charge in [-0.2, -0.15) is 0 Å². The summed E-state index contributed by atoms with van der Waals surface area (Å²) in [5, 5.41) is 25.6. The molecule has 2 aromatic carbocycles.